The third kappa shape index (κ3) is 6.57. The van der Waals surface area contributed by atoms with Crippen LogP contribution in [0.4, 0.5) is 27.8 Å². The van der Waals surface area contributed by atoms with Gasteiger partial charge in [-0.1, -0.05) is 6.92 Å². The molecule has 8 nitrogen and oxygen atoms in total. The first-order chi connectivity index (χ1) is 17.7. The van der Waals surface area contributed by atoms with Gasteiger partial charge in [0.25, 0.3) is 18.2 Å². The number of aromatic nitrogens is 2. The van der Waals surface area contributed by atoms with Gasteiger partial charge in [0, 0.05) is 29.9 Å². The number of aliphatic hydroxyl groups excluding tert-OH is 1. The van der Waals surface area contributed by atoms with Crippen LogP contribution in [0.2, 0.25) is 0 Å². The van der Waals surface area contributed by atoms with Gasteiger partial charge in [-0.15, -0.1) is 11.3 Å². The lowest BCUT2D eigenvalue weighted by atomic mass is 10.1. The van der Waals surface area contributed by atoms with Crippen molar-refractivity contribution in [3.8, 4) is 10.4 Å². The van der Waals surface area contributed by atoms with Gasteiger partial charge in [0.1, 0.15) is 17.6 Å². The first kappa shape index (κ1) is 29.7. The lowest BCUT2D eigenvalue weighted by Crippen LogP contribution is -2.39. The highest BCUT2D eigenvalue weighted by Gasteiger charge is 2.39. The molecule has 38 heavy (non-hydrogen) atoms. The van der Waals surface area contributed by atoms with Crippen LogP contribution in [0.25, 0.3) is 10.4 Å². The fourth-order valence-electron chi connectivity index (χ4n) is 4.02. The van der Waals surface area contributed by atoms with Crippen molar-refractivity contribution in [1.82, 2.24) is 20.2 Å². The molecular weight excluding hydrogens is 533 g/mol. The summed E-state index contributed by atoms with van der Waals surface area (Å²) in [5.41, 5.74) is -1.08. The van der Waals surface area contributed by atoms with Gasteiger partial charge in [-0.05, 0) is 46.1 Å². The summed E-state index contributed by atoms with van der Waals surface area (Å²) in [6.45, 7) is 6.60. The fraction of sp³-hybridized carbons (Fsp3) is 0.583. The van der Waals surface area contributed by atoms with Crippen LogP contribution in [0.15, 0.2) is 12.3 Å². The van der Waals surface area contributed by atoms with Crippen molar-refractivity contribution in [2.45, 2.75) is 83.8 Å². The van der Waals surface area contributed by atoms with Crippen molar-refractivity contribution in [3.05, 3.63) is 28.5 Å². The number of pyridine rings is 1. The topological polar surface area (TPSA) is 107 Å². The van der Waals surface area contributed by atoms with E-state index in [4.69, 9.17) is 0 Å². The Balaban J connectivity index is 2.09. The molecule has 210 valence electrons. The van der Waals surface area contributed by atoms with E-state index in [9.17, 15) is 36.6 Å². The summed E-state index contributed by atoms with van der Waals surface area (Å²) < 4.78 is 68.0. The van der Waals surface area contributed by atoms with E-state index < -0.39 is 54.0 Å². The largest absolute Gasteiger partial charge is 0.408 e. The van der Waals surface area contributed by atoms with E-state index in [2.05, 4.69) is 20.6 Å². The second kappa shape index (κ2) is 11.9. The first-order valence-corrected chi connectivity index (χ1v) is 13.0. The van der Waals surface area contributed by atoms with Gasteiger partial charge in [0.15, 0.2) is 5.01 Å². The average molecular weight is 564 g/mol. The summed E-state index contributed by atoms with van der Waals surface area (Å²) in [5.74, 6) is -1.66. The van der Waals surface area contributed by atoms with Crippen molar-refractivity contribution in [1.29, 1.82) is 0 Å². The second-order valence-electron chi connectivity index (χ2n) is 9.29. The number of amides is 2. The number of anilines is 1. The molecule has 3 heterocycles. The molecule has 0 bridgehead atoms. The van der Waals surface area contributed by atoms with Crippen LogP contribution in [-0.4, -0.2) is 68.7 Å². The number of aliphatic hydroxyl groups is 1. The van der Waals surface area contributed by atoms with Gasteiger partial charge in [0.2, 0.25) is 0 Å². The summed E-state index contributed by atoms with van der Waals surface area (Å²) in [7, 11) is 0. The first-order valence-electron chi connectivity index (χ1n) is 12.2. The quantitative estimate of drug-likeness (QED) is 0.370. The normalized spacial score (nSPS) is 18.4. The molecule has 2 aromatic rings. The Kier molecular flexibility index (Phi) is 9.29. The lowest BCUT2D eigenvalue weighted by molar-refractivity contribution is -0.142. The molecule has 0 aromatic carbocycles. The van der Waals surface area contributed by atoms with Crippen molar-refractivity contribution in [3.63, 3.8) is 0 Å². The fourth-order valence-corrected chi connectivity index (χ4v) is 5.01. The summed E-state index contributed by atoms with van der Waals surface area (Å²) in [6, 6.07) is -1.96. The summed E-state index contributed by atoms with van der Waals surface area (Å²) in [6.07, 6.45) is -6.52. The molecule has 14 heteroatoms. The van der Waals surface area contributed by atoms with Crippen LogP contribution in [0.1, 0.15) is 79.2 Å². The zero-order chi connectivity index (χ0) is 28.4. The highest BCUT2D eigenvalue weighted by atomic mass is 32.1. The maximum atomic E-state index is 14.2. The van der Waals surface area contributed by atoms with Gasteiger partial charge >= 0.3 is 6.18 Å². The maximum absolute atomic E-state index is 14.2. The molecule has 0 radical (unpaired) electrons. The number of carbonyl (C=O) groups is 2. The van der Waals surface area contributed by atoms with Crippen LogP contribution in [0.5, 0.6) is 0 Å². The minimum absolute atomic E-state index is 0.0406. The van der Waals surface area contributed by atoms with Crippen molar-refractivity contribution in [2.75, 3.05) is 11.9 Å². The zero-order valence-corrected chi connectivity index (χ0v) is 22.1. The molecule has 0 unspecified atom stereocenters. The number of carbonyl (C=O) groups excluding carboxylic acids is 2. The number of nitrogens with one attached hydrogen (secondary N) is 2. The van der Waals surface area contributed by atoms with Crippen LogP contribution >= 0.6 is 11.3 Å². The van der Waals surface area contributed by atoms with E-state index in [1.54, 1.807) is 11.8 Å². The van der Waals surface area contributed by atoms with Gasteiger partial charge in [-0.2, -0.15) is 13.2 Å². The van der Waals surface area contributed by atoms with E-state index in [1.807, 2.05) is 6.92 Å². The summed E-state index contributed by atoms with van der Waals surface area (Å²) >= 11 is 0.697. The monoisotopic (exact) mass is 563 g/mol. The number of nitrogens with zero attached hydrogens (tertiary/aromatic N) is 3. The predicted molar refractivity (Wildman–Crippen MR) is 132 cm³/mol. The van der Waals surface area contributed by atoms with E-state index in [-0.39, 0.29) is 33.6 Å². The Morgan fingerprint density at radius 2 is 1.97 bits per heavy atom. The third-order valence-electron chi connectivity index (χ3n) is 6.46. The number of likely N-dealkylation sites (tertiary alicyclic amines) is 1. The van der Waals surface area contributed by atoms with Crippen LogP contribution in [0.3, 0.4) is 0 Å². The molecule has 4 atom stereocenters. The van der Waals surface area contributed by atoms with E-state index in [1.165, 1.54) is 13.8 Å². The number of rotatable bonds is 9. The zero-order valence-electron chi connectivity index (χ0n) is 21.3. The third-order valence-corrected chi connectivity index (χ3v) is 7.55. The minimum atomic E-state index is -4.62. The predicted octanol–water partition coefficient (Wildman–Crippen LogP) is 5.02. The van der Waals surface area contributed by atoms with Crippen molar-refractivity contribution in [2.24, 2.45) is 0 Å². The van der Waals surface area contributed by atoms with Crippen LogP contribution in [-0.2, 0) is 0 Å². The lowest BCUT2D eigenvalue weighted by Gasteiger charge is -2.22. The highest BCUT2D eigenvalue weighted by molar-refractivity contribution is 7.17. The molecule has 0 spiro atoms. The number of halogens is 5. The Hall–Kier alpha value is -2.87. The van der Waals surface area contributed by atoms with Gasteiger partial charge in [0.05, 0.1) is 17.0 Å². The Morgan fingerprint density at radius 1 is 1.29 bits per heavy atom. The number of hydrogen-bond acceptors (Lipinski definition) is 7. The van der Waals surface area contributed by atoms with E-state index in [0.29, 0.717) is 17.9 Å². The second-order valence-corrected chi connectivity index (χ2v) is 10.3. The van der Waals surface area contributed by atoms with Gasteiger partial charge < -0.3 is 20.6 Å². The summed E-state index contributed by atoms with van der Waals surface area (Å²) in [5, 5.41) is 14.2. The number of hydrogen-bond donors (Lipinski definition) is 3. The Labute approximate surface area is 220 Å². The molecular formula is C24H30F5N5O3S. The molecule has 0 aliphatic carbocycles. The molecule has 3 rings (SSSR count). The number of thiazole rings is 1. The van der Waals surface area contributed by atoms with Gasteiger partial charge in [-0.3, -0.25) is 9.59 Å². The molecule has 1 fully saturated rings. The van der Waals surface area contributed by atoms with Crippen LogP contribution < -0.4 is 10.6 Å². The van der Waals surface area contributed by atoms with Crippen molar-refractivity contribution < 1.29 is 36.6 Å². The van der Waals surface area contributed by atoms with E-state index >= 15 is 0 Å². The van der Waals surface area contributed by atoms with Crippen molar-refractivity contribution >= 4 is 29.0 Å². The average Bonchev–Trinajstić information content (AvgIpc) is 3.47. The molecule has 1 aliphatic rings. The SMILES string of the molecule is CC[C@H](Nc1cc(C(F)F)c(-c2sc(C(=O)N[C@H](C)[C@H](C)O)nc2C(=O)N2CCC[C@@H]2C)cn1)C(F)(F)F. The Bertz CT molecular complexity index is 1160. The number of alkyl halides is 5. The molecule has 2 amide bonds. The highest BCUT2D eigenvalue weighted by Crippen LogP contribution is 2.39. The van der Waals surface area contributed by atoms with Gasteiger partial charge in [-0.25, -0.2) is 18.7 Å². The maximum Gasteiger partial charge on any atom is 0.408 e. The smallest absolute Gasteiger partial charge is 0.391 e. The standard InChI is InChI=1S/C24H30F5N5O3S/c1-5-16(24(27,28)29)32-17-9-14(20(25)26)15(10-30-17)19-18(23(37)34-8-6-7-11(34)2)33-22(38-19)21(36)31-12(3)13(4)35/h9-13,16,20,35H,5-8H2,1-4H3,(H,30,32)(H,31,36)/t11-,12+,13-,16-/m0/s1. The molecule has 1 aliphatic heterocycles. The molecule has 0 saturated carbocycles. The summed E-state index contributed by atoms with van der Waals surface area (Å²) in [4.78, 5) is 35.8. The van der Waals surface area contributed by atoms with Crippen LogP contribution in [0, 0.1) is 0 Å². The molecule has 2 aromatic heterocycles. The minimum Gasteiger partial charge on any atom is -0.391 e. The molecule has 1 saturated heterocycles. The Morgan fingerprint density at radius 3 is 2.50 bits per heavy atom. The van der Waals surface area contributed by atoms with E-state index in [0.717, 1.165) is 25.1 Å². The molecule has 3 N–H and O–H groups in total.